The number of halogens is 1. The first kappa shape index (κ1) is 12.1. The lowest BCUT2D eigenvalue weighted by Gasteiger charge is -2.20. The first-order valence-corrected chi connectivity index (χ1v) is 5.23. The van der Waals surface area contributed by atoms with Gasteiger partial charge < -0.3 is 10.2 Å². The van der Waals surface area contributed by atoms with Gasteiger partial charge in [-0.3, -0.25) is 9.78 Å². The second-order valence-corrected chi connectivity index (χ2v) is 4.63. The molecule has 0 bridgehead atoms. The van der Waals surface area contributed by atoms with E-state index in [1.54, 1.807) is 18.3 Å². The Morgan fingerprint density at radius 2 is 2.33 bits per heavy atom. The van der Waals surface area contributed by atoms with Crippen LogP contribution in [0.25, 0.3) is 0 Å². The van der Waals surface area contributed by atoms with Gasteiger partial charge in [0, 0.05) is 22.8 Å². The number of hydrogen-bond acceptors (Lipinski definition) is 3. The number of pyridine rings is 1. The zero-order chi connectivity index (χ0) is 11.5. The molecule has 5 heteroatoms. The number of carboxylic acid groups (broad SMARTS) is 1. The van der Waals surface area contributed by atoms with Crippen molar-refractivity contribution in [2.45, 2.75) is 25.4 Å². The van der Waals surface area contributed by atoms with Gasteiger partial charge in [0.1, 0.15) is 0 Å². The zero-order valence-corrected chi connectivity index (χ0v) is 9.86. The summed E-state index contributed by atoms with van der Waals surface area (Å²) in [6.45, 7) is 1.49. The van der Waals surface area contributed by atoms with E-state index in [0.717, 1.165) is 4.47 Å². The van der Waals surface area contributed by atoms with Gasteiger partial charge in [-0.15, -0.1) is 0 Å². The van der Waals surface area contributed by atoms with Gasteiger partial charge in [0.2, 0.25) is 0 Å². The predicted octanol–water partition coefficient (Wildman–Crippen LogP) is 1.61. The lowest BCUT2D eigenvalue weighted by molar-refractivity contribution is -0.141. The van der Waals surface area contributed by atoms with Crippen molar-refractivity contribution in [3.8, 4) is 0 Å². The summed E-state index contributed by atoms with van der Waals surface area (Å²) in [5, 5.41) is 18.4. The molecule has 1 heterocycles. The van der Waals surface area contributed by atoms with E-state index in [4.69, 9.17) is 5.11 Å². The molecule has 82 valence electrons. The van der Waals surface area contributed by atoms with E-state index in [-0.39, 0.29) is 12.8 Å². The van der Waals surface area contributed by atoms with E-state index in [0.29, 0.717) is 5.69 Å². The van der Waals surface area contributed by atoms with Crippen molar-refractivity contribution in [2.75, 3.05) is 0 Å². The Bertz CT molecular complexity index is 365. The molecule has 0 aromatic carbocycles. The predicted molar refractivity (Wildman–Crippen MR) is 58.5 cm³/mol. The van der Waals surface area contributed by atoms with Crippen molar-refractivity contribution in [2.24, 2.45) is 0 Å². The molecule has 15 heavy (non-hydrogen) atoms. The SMILES string of the molecule is CC(O)(CC(=O)O)Cc1cc(Br)ccn1. The Hall–Kier alpha value is -0.940. The first-order valence-electron chi connectivity index (χ1n) is 4.44. The molecular weight excluding hydrogens is 262 g/mol. The van der Waals surface area contributed by atoms with E-state index < -0.39 is 11.6 Å². The zero-order valence-electron chi connectivity index (χ0n) is 8.27. The van der Waals surface area contributed by atoms with Crippen LogP contribution in [0.1, 0.15) is 19.0 Å². The summed E-state index contributed by atoms with van der Waals surface area (Å²) in [5.41, 5.74) is -0.602. The van der Waals surface area contributed by atoms with Gasteiger partial charge >= 0.3 is 5.97 Å². The number of aromatic nitrogens is 1. The number of nitrogens with zero attached hydrogens (tertiary/aromatic N) is 1. The molecule has 0 aliphatic rings. The molecule has 0 aliphatic carbocycles. The van der Waals surface area contributed by atoms with Crippen LogP contribution in [0.5, 0.6) is 0 Å². The van der Waals surface area contributed by atoms with Gasteiger partial charge in [0.25, 0.3) is 0 Å². The van der Waals surface area contributed by atoms with Crippen LogP contribution < -0.4 is 0 Å². The van der Waals surface area contributed by atoms with Crippen LogP contribution in [0.15, 0.2) is 22.8 Å². The average molecular weight is 274 g/mol. The maximum atomic E-state index is 10.5. The minimum atomic E-state index is -1.26. The molecule has 0 saturated heterocycles. The number of carboxylic acids is 1. The summed E-state index contributed by atoms with van der Waals surface area (Å²) < 4.78 is 0.860. The fourth-order valence-corrected chi connectivity index (χ4v) is 1.71. The van der Waals surface area contributed by atoms with Crippen molar-refractivity contribution in [1.82, 2.24) is 4.98 Å². The van der Waals surface area contributed by atoms with Crippen LogP contribution in [0.3, 0.4) is 0 Å². The minimum absolute atomic E-state index is 0.221. The summed E-state index contributed by atoms with van der Waals surface area (Å²) in [4.78, 5) is 14.5. The van der Waals surface area contributed by atoms with Crippen molar-refractivity contribution in [1.29, 1.82) is 0 Å². The van der Waals surface area contributed by atoms with E-state index >= 15 is 0 Å². The standard InChI is InChI=1S/C10H12BrNO3/c1-10(15,6-9(13)14)5-8-4-7(11)2-3-12-8/h2-4,15H,5-6H2,1H3,(H,13,14). The van der Waals surface area contributed by atoms with Crippen molar-refractivity contribution in [3.05, 3.63) is 28.5 Å². The van der Waals surface area contributed by atoms with Crippen LogP contribution >= 0.6 is 15.9 Å². The molecule has 1 aromatic rings. The van der Waals surface area contributed by atoms with Gasteiger partial charge in [-0.05, 0) is 19.1 Å². The van der Waals surface area contributed by atoms with E-state index in [1.165, 1.54) is 6.92 Å². The highest BCUT2D eigenvalue weighted by Crippen LogP contribution is 2.18. The highest BCUT2D eigenvalue weighted by atomic mass is 79.9. The third-order valence-electron chi connectivity index (χ3n) is 1.87. The van der Waals surface area contributed by atoms with Crippen LogP contribution in [0, 0.1) is 0 Å². The highest BCUT2D eigenvalue weighted by molar-refractivity contribution is 9.10. The van der Waals surface area contributed by atoms with Crippen LogP contribution in [-0.2, 0) is 11.2 Å². The number of carbonyl (C=O) groups is 1. The Labute approximate surface area is 96.1 Å². The first-order chi connectivity index (χ1) is 6.89. The van der Waals surface area contributed by atoms with Gasteiger partial charge in [-0.2, -0.15) is 0 Å². The van der Waals surface area contributed by atoms with Crippen molar-refractivity contribution in [3.63, 3.8) is 0 Å². The Kier molecular flexibility index (Phi) is 3.82. The normalized spacial score (nSPS) is 14.6. The summed E-state index contributed by atoms with van der Waals surface area (Å²) in [6.07, 6.45) is 1.54. The lowest BCUT2D eigenvalue weighted by Crippen LogP contribution is -2.30. The molecule has 1 atom stereocenters. The Morgan fingerprint density at radius 1 is 1.67 bits per heavy atom. The molecule has 0 amide bonds. The van der Waals surface area contributed by atoms with E-state index in [1.807, 2.05) is 0 Å². The number of rotatable bonds is 4. The van der Waals surface area contributed by atoms with Crippen molar-refractivity contribution >= 4 is 21.9 Å². The molecule has 0 aliphatic heterocycles. The number of hydrogen-bond donors (Lipinski definition) is 2. The molecule has 4 nitrogen and oxygen atoms in total. The molecule has 1 rings (SSSR count). The Balaban J connectivity index is 2.72. The largest absolute Gasteiger partial charge is 0.481 e. The van der Waals surface area contributed by atoms with Crippen LogP contribution in [0.4, 0.5) is 0 Å². The summed E-state index contributed by atoms with van der Waals surface area (Å²) in [6, 6.07) is 3.53. The third-order valence-corrected chi connectivity index (χ3v) is 2.37. The van der Waals surface area contributed by atoms with Gasteiger partial charge in [-0.25, -0.2) is 0 Å². The molecule has 0 saturated carbocycles. The second-order valence-electron chi connectivity index (χ2n) is 3.71. The average Bonchev–Trinajstić information content (AvgIpc) is 1.99. The third kappa shape index (κ3) is 4.40. The minimum Gasteiger partial charge on any atom is -0.481 e. The quantitative estimate of drug-likeness (QED) is 0.875. The molecule has 2 N–H and O–H groups in total. The monoisotopic (exact) mass is 273 g/mol. The number of aliphatic hydroxyl groups is 1. The summed E-state index contributed by atoms with van der Waals surface area (Å²) in [7, 11) is 0. The maximum Gasteiger partial charge on any atom is 0.306 e. The topological polar surface area (TPSA) is 70.4 Å². The second kappa shape index (κ2) is 4.72. The maximum absolute atomic E-state index is 10.5. The molecule has 0 radical (unpaired) electrons. The summed E-state index contributed by atoms with van der Waals surface area (Å²) >= 11 is 3.28. The molecule has 0 fully saturated rings. The fraction of sp³-hybridized carbons (Fsp3) is 0.400. The number of aliphatic carboxylic acids is 1. The van der Waals surface area contributed by atoms with Crippen LogP contribution in [-0.4, -0.2) is 26.8 Å². The highest BCUT2D eigenvalue weighted by Gasteiger charge is 2.25. The van der Waals surface area contributed by atoms with Gasteiger partial charge in [0.15, 0.2) is 0 Å². The smallest absolute Gasteiger partial charge is 0.306 e. The molecule has 0 spiro atoms. The van der Waals surface area contributed by atoms with E-state index in [9.17, 15) is 9.90 Å². The Morgan fingerprint density at radius 3 is 2.87 bits per heavy atom. The van der Waals surface area contributed by atoms with Crippen LogP contribution in [0.2, 0.25) is 0 Å². The summed E-state index contributed by atoms with van der Waals surface area (Å²) in [5.74, 6) is -1.02. The van der Waals surface area contributed by atoms with E-state index in [2.05, 4.69) is 20.9 Å². The van der Waals surface area contributed by atoms with Gasteiger partial charge in [0.05, 0.1) is 12.0 Å². The molecule has 1 aromatic heterocycles. The van der Waals surface area contributed by atoms with Crippen molar-refractivity contribution < 1.29 is 15.0 Å². The molecule has 1 unspecified atom stereocenters. The lowest BCUT2D eigenvalue weighted by atomic mass is 9.96. The molecular formula is C10H12BrNO3. The fourth-order valence-electron chi connectivity index (χ4n) is 1.32. The van der Waals surface area contributed by atoms with Gasteiger partial charge in [-0.1, -0.05) is 15.9 Å².